The summed E-state index contributed by atoms with van der Waals surface area (Å²) in [4.78, 5) is 41.1. The molecule has 200 valence electrons. The molecule has 1 atom stereocenters. The van der Waals surface area contributed by atoms with Gasteiger partial charge in [-0.05, 0) is 37.1 Å². The van der Waals surface area contributed by atoms with E-state index < -0.39 is 0 Å². The Morgan fingerprint density at radius 3 is 2.82 bits per heavy atom. The minimum Gasteiger partial charge on any atom is -0.496 e. The largest absolute Gasteiger partial charge is 0.496 e. The molecule has 0 radical (unpaired) electrons. The Hall–Kier alpha value is -4.77. The number of rotatable bonds is 8. The van der Waals surface area contributed by atoms with Crippen LogP contribution in [0.15, 0.2) is 67.1 Å². The van der Waals surface area contributed by atoms with Gasteiger partial charge in [-0.15, -0.1) is 0 Å². The number of anilines is 2. The number of benzene rings is 1. The van der Waals surface area contributed by atoms with Crippen molar-refractivity contribution in [3.05, 3.63) is 78.5 Å². The molecule has 3 N–H and O–H groups in total. The van der Waals surface area contributed by atoms with E-state index in [0.29, 0.717) is 58.7 Å². The number of carbonyl (C=O) groups excluding carboxylic acids is 2. The molecule has 4 heterocycles. The Labute approximate surface area is 225 Å². The van der Waals surface area contributed by atoms with Gasteiger partial charge in [0.25, 0.3) is 5.91 Å². The number of nitrogens with one attached hydrogen (secondary N) is 1. The molecule has 5 rings (SSSR count). The number of nitrogens with two attached hydrogens (primary N) is 1. The Balaban J connectivity index is 1.53. The van der Waals surface area contributed by atoms with Crippen LogP contribution in [-0.2, 0) is 9.53 Å². The Bertz CT molecular complexity index is 1530. The van der Waals surface area contributed by atoms with Crippen molar-refractivity contribution in [1.29, 1.82) is 0 Å². The second-order valence-corrected chi connectivity index (χ2v) is 8.98. The number of methoxy groups -OCH3 is 2. The number of pyridine rings is 1. The number of imidazole rings is 1. The normalized spacial score (nSPS) is 15.2. The first-order valence-electron chi connectivity index (χ1n) is 12.5. The van der Waals surface area contributed by atoms with Gasteiger partial charge in [0.2, 0.25) is 5.91 Å². The maximum Gasteiger partial charge on any atom is 0.260 e. The molecule has 11 heteroatoms. The molecule has 0 saturated carbocycles. The van der Waals surface area contributed by atoms with E-state index in [9.17, 15) is 9.59 Å². The lowest BCUT2D eigenvalue weighted by Crippen LogP contribution is -2.30. The van der Waals surface area contributed by atoms with E-state index in [4.69, 9.17) is 20.2 Å². The highest BCUT2D eigenvalue weighted by atomic mass is 16.5. The molecule has 1 saturated heterocycles. The number of aromatic nitrogens is 4. The number of amides is 2. The average molecular weight is 528 g/mol. The molecule has 1 aliphatic rings. The van der Waals surface area contributed by atoms with Gasteiger partial charge >= 0.3 is 0 Å². The SMILES string of the molecule is COCC=CC(=O)N1CCC[C@H]1c1nc(-c2ccc(C(=O)Nc3ccccn3)c(OC)c2)c2c(N)nccn12. The highest BCUT2D eigenvalue weighted by Gasteiger charge is 2.33. The van der Waals surface area contributed by atoms with Crippen LogP contribution in [0.25, 0.3) is 16.8 Å². The van der Waals surface area contributed by atoms with Crippen molar-refractivity contribution in [3.63, 3.8) is 0 Å². The Kier molecular flexibility index (Phi) is 7.50. The van der Waals surface area contributed by atoms with Gasteiger partial charge in [0, 0.05) is 43.9 Å². The molecule has 1 aliphatic heterocycles. The predicted octanol–water partition coefficient (Wildman–Crippen LogP) is 3.50. The molecule has 11 nitrogen and oxygen atoms in total. The highest BCUT2D eigenvalue weighted by Crippen LogP contribution is 2.37. The molecule has 3 aromatic heterocycles. The van der Waals surface area contributed by atoms with Crippen molar-refractivity contribution < 1.29 is 19.1 Å². The number of hydrogen-bond donors (Lipinski definition) is 2. The molecule has 0 aliphatic carbocycles. The van der Waals surface area contributed by atoms with Crippen molar-refractivity contribution in [2.45, 2.75) is 18.9 Å². The van der Waals surface area contributed by atoms with E-state index in [-0.39, 0.29) is 17.9 Å². The fourth-order valence-corrected chi connectivity index (χ4v) is 4.81. The highest BCUT2D eigenvalue weighted by molar-refractivity contribution is 6.06. The first-order chi connectivity index (χ1) is 19.0. The van der Waals surface area contributed by atoms with Crippen LogP contribution < -0.4 is 15.8 Å². The molecule has 39 heavy (non-hydrogen) atoms. The fourth-order valence-electron chi connectivity index (χ4n) is 4.81. The molecule has 0 spiro atoms. The third kappa shape index (κ3) is 5.16. The van der Waals surface area contributed by atoms with E-state index in [1.807, 2.05) is 9.30 Å². The zero-order valence-electron chi connectivity index (χ0n) is 21.7. The monoisotopic (exact) mass is 527 g/mol. The van der Waals surface area contributed by atoms with Gasteiger partial charge in [-0.1, -0.05) is 18.2 Å². The summed E-state index contributed by atoms with van der Waals surface area (Å²) in [6.45, 7) is 0.986. The van der Waals surface area contributed by atoms with Gasteiger partial charge in [0.1, 0.15) is 34.4 Å². The third-order valence-electron chi connectivity index (χ3n) is 6.59. The van der Waals surface area contributed by atoms with Crippen molar-refractivity contribution in [2.75, 3.05) is 38.4 Å². The van der Waals surface area contributed by atoms with E-state index >= 15 is 0 Å². The number of fused-ring (bicyclic) bond motifs is 1. The summed E-state index contributed by atoms with van der Waals surface area (Å²) >= 11 is 0. The van der Waals surface area contributed by atoms with Gasteiger partial charge in [-0.25, -0.2) is 15.0 Å². The summed E-state index contributed by atoms with van der Waals surface area (Å²) in [7, 11) is 3.08. The first-order valence-corrected chi connectivity index (χ1v) is 12.5. The number of nitrogen functional groups attached to an aromatic ring is 1. The molecule has 0 unspecified atom stereocenters. The third-order valence-corrected chi connectivity index (χ3v) is 6.59. The number of nitrogens with zero attached hydrogens (tertiary/aromatic N) is 5. The van der Waals surface area contributed by atoms with Gasteiger partial charge in [-0.3, -0.25) is 14.0 Å². The predicted molar refractivity (Wildman–Crippen MR) is 146 cm³/mol. The van der Waals surface area contributed by atoms with Crippen LogP contribution in [0, 0.1) is 0 Å². The molecular weight excluding hydrogens is 498 g/mol. The molecule has 0 bridgehead atoms. The van der Waals surface area contributed by atoms with Crippen LogP contribution in [0.4, 0.5) is 11.6 Å². The number of hydrogen-bond acceptors (Lipinski definition) is 8. The lowest BCUT2D eigenvalue weighted by atomic mass is 10.1. The van der Waals surface area contributed by atoms with E-state index in [1.54, 1.807) is 68.2 Å². The summed E-state index contributed by atoms with van der Waals surface area (Å²) in [6.07, 6.45) is 9.87. The van der Waals surface area contributed by atoms with Gasteiger partial charge < -0.3 is 25.4 Å². The van der Waals surface area contributed by atoms with Gasteiger partial charge in [0.15, 0.2) is 0 Å². The van der Waals surface area contributed by atoms with Gasteiger partial charge in [0.05, 0.1) is 25.3 Å². The first kappa shape index (κ1) is 25.9. The van der Waals surface area contributed by atoms with Crippen LogP contribution in [0.5, 0.6) is 5.75 Å². The maximum atomic E-state index is 13.0. The van der Waals surface area contributed by atoms with Crippen molar-refractivity contribution >= 4 is 29.0 Å². The van der Waals surface area contributed by atoms with Gasteiger partial charge in [-0.2, -0.15) is 0 Å². The smallest absolute Gasteiger partial charge is 0.260 e. The number of ether oxygens (including phenoxy) is 2. The van der Waals surface area contributed by atoms with Crippen LogP contribution in [0.3, 0.4) is 0 Å². The van der Waals surface area contributed by atoms with Crippen molar-refractivity contribution in [2.24, 2.45) is 0 Å². The maximum absolute atomic E-state index is 13.0. The Morgan fingerprint density at radius 1 is 1.18 bits per heavy atom. The zero-order valence-corrected chi connectivity index (χ0v) is 21.7. The summed E-state index contributed by atoms with van der Waals surface area (Å²) in [5, 5.41) is 2.78. The lowest BCUT2D eigenvalue weighted by Gasteiger charge is -2.22. The number of carbonyl (C=O) groups is 2. The van der Waals surface area contributed by atoms with Crippen molar-refractivity contribution in [3.8, 4) is 17.0 Å². The summed E-state index contributed by atoms with van der Waals surface area (Å²) in [5.41, 5.74) is 8.58. The summed E-state index contributed by atoms with van der Waals surface area (Å²) in [5.74, 6) is 1.35. The molecule has 4 aromatic rings. The molecule has 2 amide bonds. The summed E-state index contributed by atoms with van der Waals surface area (Å²) < 4.78 is 12.5. The quantitative estimate of drug-likeness (QED) is 0.332. The van der Waals surface area contributed by atoms with Crippen LogP contribution in [0.1, 0.15) is 35.1 Å². The standard InChI is InChI=1S/C28H29N7O4/c1-38-16-6-9-23(36)34-14-5-7-20(34)27-33-24(25-26(29)31-13-15-35(25)27)18-10-11-19(21(17-18)39-2)28(37)32-22-8-3-4-12-30-22/h3-4,6,8-13,15,17,20H,5,7,14,16H2,1-2H3,(H2,29,31)(H,30,32,37)/t20-/m0/s1. The molecule has 1 aromatic carbocycles. The van der Waals surface area contributed by atoms with E-state index in [0.717, 1.165) is 12.8 Å². The van der Waals surface area contributed by atoms with Crippen LogP contribution >= 0.6 is 0 Å². The van der Waals surface area contributed by atoms with E-state index in [1.165, 1.54) is 13.2 Å². The Morgan fingerprint density at radius 2 is 2.05 bits per heavy atom. The lowest BCUT2D eigenvalue weighted by molar-refractivity contribution is -0.127. The number of likely N-dealkylation sites (tertiary alicyclic amines) is 1. The van der Waals surface area contributed by atoms with Crippen LogP contribution in [0.2, 0.25) is 0 Å². The molecular formula is C28H29N7O4. The molecule has 1 fully saturated rings. The van der Waals surface area contributed by atoms with E-state index in [2.05, 4.69) is 15.3 Å². The zero-order chi connectivity index (χ0) is 27.4. The average Bonchev–Trinajstić information content (AvgIpc) is 3.59. The van der Waals surface area contributed by atoms with Crippen molar-refractivity contribution in [1.82, 2.24) is 24.3 Å². The minimum atomic E-state index is -0.352. The topological polar surface area (TPSA) is 137 Å². The summed E-state index contributed by atoms with van der Waals surface area (Å²) in [6, 6.07) is 10.2. The second-order valence-electron chi connectivity index (χ2n) is 8.98. The fraction of sp³-hybridized carbons (Fsp3) is 0.250. The van der Waals surface area contributed by atoms with Crippen LogP contribution in [-0.4, -0.2) is 63.4 Å². The second kappa shape index (κ2) is 11.3. The minimum absolute atomic E-state index is 0.0974.